The van der Waals surface area contributed by atoms with E-state index in [-0.39, 0.29) is 0 Å². The number of hydrogen-bond donors (Lipinski definition) is 1. The van der Waals surface area contributed by atoms with E-state index >= 15 is 0 Å². The SMILES string of the molecule is CCOc1ccccc1C(C)N1CC(N)C1. The monoisotopic (exact) mass is 220 g/mol. The van der Waals surface area contributed by atoms with Crippen LogP contribution in [0.3, 0.4) is 0 Å². The average molecular weight is 220 g/mol. The first kappa shape index (κ1) is 11.4. The summed E-state index contributed by atoms with van der Waals surface area (Å²) in [5.41, 5.74) is 7.07. The number of benzene rings is 1. The quantitative estimate of drug-likeness (QED) is 0.840. The van der Waals surface area contributed by atoms with Crippen LogP contribution in [0.15, 0.2) is 24.3 Å². The Hall–Kier alpha value is -1.06. The van der Waals surface area contributed by atoms with Gasteiger partial charge in [-0.1, -0.05) is 18.2 Å². The van der Waals surface area contributed by atoms with Crippen molar-refractivity contribution in [2.45, 2.75) is 25.9 Å². The summed E-state index contributed by atoms with van der Waals surface area (Å²) >= 11 is 0. The molecule has 2 N–H and O–H groups in total. The molecule has 88 valence electrons. The maximum Gasteiger partial charge on any atom is 0.124 e. The van der Waals surface area contributed by atoms with Crippen molar-refractivity contribution in [1.82, 2.24) is 4.90 Å². The largest absolute Gasteiger partial charge is 0.494 e. The van der Waals surface area contributed by atoms with Crippen molar-refractivity contribution in [2.75, 3.05) is 19.7 Å². The molecule has 0 aliphatic carbocycles. The van der Waals surface area contributed by atoms with Crippen LogP contribution in [0, 0.1) is 0 Å². The van der Waals surface area contributed by atoms with Gasteiger partial charge in [-0.25, -0.2) is 0 Å². The minimum Gasteiger partial charge on any atom is -0.494 e. The van der Waals surface area contributed by atoms with Crippen molar-refractivity contribution >= 4 is 0 Å². The minimum atomic E-state index is 0.349. The third kappa shape index (κ3) is 2.20. The number of rotatable bonds is 4. The molecular formula is C13H20N2O. The van der Waals surface area contributed by atoms with E-state index in [4.69, 9.17) is 10.5 Å². The summed E-state index contributed by atoms with van der Waals surface area (Å²) in [5, 5.41) is 0. The van der Waals surface area contributed by atoms with Crippen LogP contribution in [0.2, 0.25) is 0 Å². The van der Waals surface area contributed by atoms with Crippen LogP contribution in [0.1, 0.15) is 25.5 Å². The van der Waals surface area contributed by atoms with Gasteiger partial charge in [-0.2, -0.15) is 0 Å². The molecule has 3 nitrogen and oxygen atoms in total. The van der Waals surface area contributed by atoms with E-state index in [0.29, 0.717) is 18.7 Å². The molecule has 0 spiro atoms. The van der Waals surface area contributed by atoms with Crippen LogP contribution in [0.25, 0.3) is 0 Å². The Morgan fingerprint density at radius 2 is 2.12 bits per heavy atom. The van der Waals surface area contributed by atoms with Crippen molar-refractivity contribution in [1.29, 1.82) is 0 Å². The summed E-state index contributed by atoms with van der Waals surface area (Å²) < 4.78 is 5.65. The first-order valence-corrected chi connectivity index (χ1v) is 5.93. The van der Waals surface area contributed by atoms with E-state index in [9.17, 15) is 0 Å². The molecule has 1 aliphatic heterocycles. The smallest absolute Gasteiger partial charge is 0.124 e. The normalized spacial score (nSPS) is 19.2. The average Bonchev–Trinajstić information content (AvgIpc) is 2.25. The molecule has 0 bridgehead atoms. The van der Waals surface area contributed by atoms with Crippen LogP contribution in [-0.4, -0.2) is 30.6 Å². The van der Waals surface area contributed by atoms with Crippen LogP contribution >= 0.6 is 0 Å². The Morgan fingerprint density at radius 3 is 2.75 bits per heavy atom. The summed E-state index contributed by atoms with van der Waals surface area (Å²) in [5.74, 6) is 0.998. The van der Waals surface area contributed by atoms with Gasteiger partial charge in [0.1, 0.15) is 5.75 Å². The lowest BCUT2D eigenvalue weighted by Crippen LogP contribution is -2.56. The van der Waals surface area contributed by atoms with Crippen LogP contribution in [0.5, 0.6) is 5.75 Å². The van der Waals surface area contributed by atoms with Crippen LogP contribution < -0.4 is 10.5 Å². The van der Waals surface area contributed by atoms with E-state index in [1.165, 1.54) is 5.56 Å². The highest BCUT2D eigenvalue weighted by Crippen LogP contribution is 2.31. The van der Waals surface area contributed by atoms with E-state index in [1.54, 1.807) is 0 Å². The summed E-state index contributed by atoms with van der Waals surface area (Å²) in [6, 6.07) is 9.00. The molecule has 1 fully saturated rings. The van der Waals surface area contributed by atoms with Crippen molar-refractivity contribution in [2.24, 2.45) is 5.73 Å². The van der Waals surface area contributed by atoms with Crippen LogP contribution in [0.4, 0.5) is 0 Å². The molecule has 0 amide bonds. The maximum atomic E-state index is 5.81. The standard InChI is InChI=1S/C13H20N2O/c1-3-16-13-7-5-4-6-12(13)10(2)15-8-11(14)9-15/h4-7,10-11H,3,8-9,14H2,1-2H3. The topological polar surface area (TPSA) is 38.5 Å². The predicted octanol–water partition coefficient (Wildman–Crippen LogP) is 1.79. The number of nitrogens with two attached hydrogens (primary N) is 1. The Morgan fingerprint density at radius 1 is 1.44 bits per heavy atom. The first-order valence-electron chi connectivity index (χ1n) is 5.93. The molecule has 1 atom stereocenters. The highest BCUT2D eigenvalue weighted by molar-refractivity contribution is 5.36. The fraction of sp³-hybridized carbons (Fsp3) is 0.538. The highest BCUT2D eigenvalue weighted by atomic mass is 16.5. The van der Waals surface area contributed by atoms with Gasteiger partial charge in [0.2, 0.25) is 0 Å². The zero-order chi connectivity index (χ0) is 11.5. The number of likely N-dealkylation sites (tertiary alicyclic amines) is 1. The summed E-state index contributed by atoms with van der Waals surface area (Å²) in [4.78, 5) is 2.38. The van der Waals surface area contributed by atoms with Crippen molar-refractivity contribution < 1.29 is 4.74 Å². The molecule has 0 saturated carbocycles. The number of ether oxygens (including phenoxy) is 1. The molecule has 1 aromatic rings. The van der Waals surface area contributed by atoms with E-state index in [2.05, 4.69) is 24.0 Å². The third-order valence-corrected chi connectivity index (χ3v) is 3.15. The summed E-state index contributed by atoms with van der Waals surface area (Å²) in [6.07, 6.45) is 0. The lowest BCUT2D eigenvalue weighted by atomic mass is 10.0. The zero-order valence-corrected chi connectivity index (χ0v) is 10.0. The fourth-order valence-electron chi connectivity index (χ4n) is 2.17. The molecule has 1 aromatic carbocycles. The molecule has 3 heteroatoms. The van der Waals surface area contributed by atoms with Gasteiger partial charge in [-0.3, -0.25) is 4.90 Å². The molecule has 2 rings (SSSR count). The van der Waals surface area contributed by atoms with Crippen molar-refractivity contribution in [3.8, 4) is 5.75 Å². The Labute approximate surface area is 97.2 Å². The van der Waals surface area contributed by atoms with Gasteiger partial charge in [0.25, 0.3) is 0 Å². The molecule has 1 aliphatic rings. The number of para-hydroxylation sites is 1. The Kier molecular flexibility index (Phi) is 3.46. The molecular weight excluding hydrogens is 200 g/mol. The predicted molar refractivity (Wildman–Crippen MR) is 65.6 cm³/mol. The molecule has 0 aromatic heterocycles. The second-order valence-corrected chi connectivity index (χ2v) is 4.36. The maximum absolute atomic E-state index is 5.81. The number of nitrogens with zero attached hydrogens (tertiary/aromatic N) is 1. The van der Waals surface area contributed by atoms with Gasteiger partial charge in [-0.15, -0.1) is 0 Å². The lowest BCUT2D eigenvalue weighted by Gasteiger charge is -2.41. The molecule has 0 radical (unpaired) electrons. The van der Waals surface area contributed by atoms with E-state index in [0.717, 1.165) is 18.8 Å². The fourth-order valence-corrected chi connectivity index (χ4v) is 2.17. The van der Waals surface area contributed by atoms with Crippen molar-refractivity contribution in [3.05, 3.63) is 29.8 Å². The van der Waals surface area contributed by atoms with Gasteiger partial charge < -0.3 is 10.5 Å². The molecule has 1 saturated heterocycles. The van der Waals surface area contributed by atoms with Gasteiger partial charge >= 0.3 is 0 Å². The second-order valence-electron chi connectivity index (χ2n) is 4.36. The van der Waals surface area contributed by atoms with Gasteiger partial charge in [0.15, 0.2) is 0 Å². The number of hydrogen-bond acceptors (Lipinski definition) is 3. The molecule has 16 heavy (non-hydrogen) atoms. The first-order chi connectivity index (χ1) is 7.72. The van der Waals surface area contributed by atoms with Gasteiger partial charge in [0, 0.05) is 30.7 Å². The highest BCUT2D eigenvalue weighted by Gasteiger charge is 2.29. The van der Waals surface area contributed by atoms with Crippen molar-refractivity contribution in [3.63, 3.8) is 0 Å². The van der Waals surface area contributed by atoms with Gasteiger partial charge in [0.05, 0.1) is 6.61 Å². The molecule has 1 unspecified atom stereocenters. The summed E-state index contributed by atoms with van der Waals surface area (Å²) in [7, 11) is 0. The Bertz CT molecular complexity index is 348. The Balaban J connectivity index is 2.12. The molecule has 1 heterocycles. The summed E-state index contributed by atoms with van der Waals surface area (Å²) in [6.45, 7) is 6.91. The zero-order valence-electron chi connectivity index (χ0n) is 10.0. The second kappa shape index (κ2) is 4.85. The van der Waals surface area contributed by atoms with Crippen LogP contribution in [-0.2, 0) is 0 Å². The lowest BCUT2D eigenvalue weighted by molar-refractivity contribution is 0.101. The van der Waals surface area contributed by atoms with E-state index in [1.807, 2.05) is 19.1 Å². The minimum absolute atomic E-state index is 0.349. The third-order valence-electron chi connectivity index (χ3n) is 3.15. The van der Waals surface area contributed by atoms with Gasteiger partial charge in [-0.05, 0) is 19.9 Å². The van der Waals surface area contributed by atoms with E-state index < -0.39 is 0 Å².